The molecule has 0 rings (SSSR count). The molecule has 0 aliphatic rings. The van der Waals surface area contributed by atoms with Crippen LogP contribution in [0.2, 0.25) is 0 Å². The molecule has 15 heteroatoms. The van der Waals surface area contributed by atoms with Crippen LogP contribution in [0.1, 0.15) is 0 Å². The first-order valence-corrected chi connectivity index (χ1v) is 12.2. The summed E-state index contributed by atoms with van der Waals surface area (Å²) < 4.78 is 21.1. The standard InChI is InChI=1S/C23H45NO14/c1-2-4-35-6-8-37-10-11-38-9-7-36-5-3-24(12-16(27)20(31)22(33)18(29)14-25)13-17(28)21(32)23(34)19(30)15-26/h1,16-23,25-34H,3-15H2/t16-,17-,18+,19+,20+,21+,22+,23+/m0/s1. The van der Waals surface area contributed by atoms with E-state index >= 15 is 0 Å². The Kier molecular flexibility index (Phi) is 22.1. The summed E-state index contributed by atoms with van der Waals surface area (Å²) in [6, 6.07) is 0. The van der Waals surface area contributed by atoms with E-state index in [1.54, 1.807) is 0 Å². The minimum absolute atomic E-state index is 0.0472. The minimum Gasteiger partial charge on any atom is -0.394 e. The Morgan fingerprint density at radius 3 is 1.24 bits per heavy atom. The van der Waals surface area contributed by atoms with Gasteiger partial charge in [-0.15, -0.1) is 6.42 Å². The molecule has 0 radical (unpaired) electrons. The normalized spacial score (nSPS) is 18.4. The molecule has 226 valence electrons. The fourth-order valence-corrected chi connectivity index (χ4v) is 3.11. The third kappa shape index (κ3) is 16.2. The van der Waals surface area contributed by atoms with Gasteiger partial charge in [-0.2, -0.15) is 0 Å². The molecule has 0 aromatic heterocycles. The SMILES string of the molecule is C#CCOCCOCCOCCOCCN(C[C@H](O)[C@@H](O)[C@H](O)[C@H](O)CO)C[C@H](O)[C@@H](O)[C@H](O)[C@H](O)CO. The fourth-order valence-electron chi connectivity index (χ4n) is 3.11. The van der Waals surface area contributed by atoms with E-state index in [1.165, 1.54) is 4.90 Å². The Bertz CT molecular complexity index is 567. The van der Waals surface area contributed by atoms with Crippen molar-refractivity contribution in [1.29, 1.82) is 0 Å². The lowest BCUT2D eigenvalue weighted by atomic mass is 10.0. The third-order valence-electron chi connectivity index (χ3n) is 5.39. The van der Waals surface area contributed by atoms with Crippen molar-refractivity contribution in [2.45, 2.75) is 48.8 Å². The first-order valence-electron chi connectivity index (χ1n) is 12.2. The zero-order valence-electron chi connectivity index (χ0n) is 21.4. The molecule has 0 unspecified atom stereocenters. The second-order valence-electron chi connectivity index (χ2n) is 8.45. The lowest BCUT2D eigenvalue weighted by molar-refractivity contribution is -0.131. The molecule has 15 nitrogen and oxygen atoms in total. The van der Waals surface area contributed by atoms with Gasteiger partial charge in [-0.05, 0) is 0 Å². The van der Waals surface area contributed by atoms with Crippen LogP contribution in [0.4, 0.5) is 0 Å². The Morgan fingerprint density at radius 2 is 0.868 bits per heavy atom. The van der Waals surface area contributed by atoms with Gasteiger partial charge < -0.3 is 70.0 Å². The Morgan fingerprint density at radius 1 is 0.526 bits per heavy atom. The number of aliphatic hydroxyl groups is 10. The van der Waals surface area contributed by atoms with Gasteiger partial charge in [0.1, 0.15) is 43.2 Å². The summed E-state index contributed by atoms with van der Waals surface area (Å²) in [5.41, 5.74) is 0. The maximum absolute atomic E-state index is 10.3. The molecule has 0 aromatic rings. The number of aliphatic hydroxyl groups excluding tert-OH is 10. The molecule has 0 saturated carbocycles. The lowest BCUT2D eigenvalue weighted by Crippen LogP contribution is -2.53. The highest BCUT2D eigenvalue weighted by molar-refractivity contribution is 4.86. The third-order valence-corrected chi connectivity index (χ3v) is 5.39. The molecule has 0 aliphatic carbocycles. The molecule has 0 spiro atoms. The van der Waals surface area contributed by atoms with E-state index in [0.717, 1.165) is 0 Å². The molecule has 38 heavy (non-hydrogen) atoms. The maximum atomic E-state index is 10.3. The van der Waals surface area contributed by atoms with Gasteiger partial charge in [-0.25, -0.2) is 0 Å². The van der Waals surface area contributed by atoms with E-state index in [9.17, 15) is 40.9 Å². The molecule has 8 atom stereocenters. The Hall–Kier alpha value is -1.04. The number of hydrogen-bond donors (Lipinski definition) is 10. The zero-order chi connectivity index (χ0) is 28.9. The fraction of sp³-hybridized carbons (Fsp3) is 0.913. The van der Waals surface area contributed by atoms with Crippen LogP contribution in [0.5, 0.6) is 0 Å². The summed E-state index contributed by atoms with van der Waals surface area (Å²) in [5.74, 6) is 2.34. The van der Waals surface area contributed by atoms with E-state index in [-0.39, 0.29) is 46.1 Å². The second-order valence-corrected chi connectivity index (χ2v) is 8.45. The molecule has 10 N–H and O–H groups in total. The molecule has 0 fully saturated rings. The zero-order valence-corrected chi connectivity index (χ0v) is 21.4. The highest BCUT2D eigenvalue weighted by Gasteiger charge is 2.34. The van der Waals surface area contributed by atoms with Gasteiger partial charge in [0.25, 0.3) is 0 Å². The van der Waals surface area contributed by atoms with Crippen LogP contribution in [-0.4, -0.2) is 191 Å². The van der Waals surface area contributed by atoms with Crippen molar-refractivity contribution < 1.29 is 70.0 Å². The van der Waals surface area contributed by atoms with Crippen LogP contribution < -0.4 is 0 Å². The number of nitrogens with zero attached hydrogens (tertiary/aromatic N) is 1. The average molecular weight is 560 g/mol. The number of rotatable bonds is 25. The molecular formula is C23H45NO14. The van der Waals surface area contributed by atoms with Crippen LogP contribution in [-0.2, 0) is 18.9 Å². The largest absolute Gasteiger partial charge is 0.394 e. The Balaban J connectivity index is 4.63. The number of ether oxygens (including phenoxy) is 4. The quantitative estimate of drug-likeness (QED) is 0.0369. The van der Waals surface area contributed by atoms with E-state index in [1.807, 2.05) is 0 Å². The summed E-state index contributed by atoms with van der Waals surface area (Å²) in [6.45, 7) is -0.264. The molecule has 0 aromatic carbocycles. The van der Waals surface area contributed by atoms with E-state index in [4.69, 9.17) is 35.6 Å². The van der Waals surface area contributed by atoms with Crippen molar-refractivity contribution >= 4 is 0 Å². The maximum Gasteiger partial charge on any atom is 0.111 e. The van der Waals surface area contributed by atoms with Crippen LogP contribution >= 0.6 is 0 Å². The van der Waals surface area contributed by atoms with Crippen molar-refractivity contribution in [3.63, 3.8) is 0 Å². The van der Waals surface area contributed by atoms with Gasteiger partial charge >= 0.3 is 0 Å². The first-order chi connectivity index (χ1) is 18.1. The molecule has 0 heterocycles. The van der Waals surface area contributed by atoms with Crippen molar-refractivity contribution in [1.82, 2.24) is 4.90 Å². The second kappa shape index (κ2) is 22.7. The van der Waals surface area contributed by atoms with Crippen molar-refractivity contribution in [3.8, 4) is 12.3 Å². The van der Waals surface area contributed by atoms with Gasteiger partial charge in [0, 0.05) is 19.6 Å². The van der Waals surface area contributed by atoms with Gasteiger partial charge in [-0.3, -0.25) is 4.90 Å². The van der Waals surface area contributed by atoms with Crippen molar-refractivity contribution in [2.75, 3.05) is 85.7 Å². The Labute approximate surface area is 222 Å². The van der Waals surface area contributed by atoms with Gasteiger partial charge in [0.15, 0.2) is 0 Å². The predicted octanol–water partition coefficient (Wildman–Crippen LogP) is -6.14. The molecule has 0 amide bonds. The summed E-state index contributed by atoms with van der Waals surface area (Å²) in [5, 5.41) is 97.2. The lowest BCUT2D eigenvalue weighted by Gasteiger charge is -2.33. The van der Waals surface area contributed by atoms with Crippen molar-refractivity contribution in [3.05, 3.63) is 0 Å². The van der Waals surface area contributed by atoms with E-state index in [2.05, 4.69) is 5.92 Å². The van der Waals surface area contributed by atoms with Crippen LogP contribution in [0.15, 0.2) is 0 Å². The summed E-state index contributed by atoms with van der Waals surface area (Å²) in [6.07, 6.45) is -9.09. The molecule has 0 bridgehead atoms. The highest BCUT2D eigenvalue weighted by atomic mass is 16.6. The molecular weight excluding hydrogens is 514 g/mol. The van der Waals surface area contributed by atoms with Crippen LogP contribution in [0.3, 0.4) is 0 Å². The first kappa shape index (κ1) is 37.0. The predicted molar refractivity (Wildman–Crippen MR) is 131 cm³/mol. The van der Waals surface area contributed by atoms with Gasteiger partial charge in [0.05, 0.1) is 71.7 Å². The minimum atomic E-state index is -1.86. The van der Waals surface area contributed by atoms with Gasteiger partial charge in [-0.1, -0.05) is 5.92 Å². The topological polar surface area (TPSA) is 242 Å². The molecule has 0 saturated heterocycles. The summed E-state index contributed by atoms with van der Waals surface area (Å²) in [7, 11) is 0. The molecule has 0 aliphatic heterocycles. The highest BCUT2D eigenvalue weighted by Crippen LogP contribution is 2.10. The van der Waals surface area contributed by atoms with Gasteiger partial charge in [0.2, 0.25) is 0 Å². The van der Waals surface area contributed by atoms with Crippen molar-refractivity contribution in [2.24, 2.45) is 0 Å². The summed E-state index contributed by atoms with van der Waals surface area (Å²) in [4.78, 5) is 1.34. The average Bonchev–Trinajstić information content (AvgIpc) is 2.92. The summed E-state index contributed by atoms with van der Waals surface area (Å²) >= 11 is 0. The van der Waals surface area contributed by atoms with Crippen LogP contribution in [0.25, 0.3) is 0 Å². The monoisotopic (exact) mass is 559 g/mol. The van der Waals surface area contributed by atoms with E-state index in [0.29, 0.717) is 26.4 Å². The number of hydrogen-bond acceptors (Lipinski definition) is 15. The van der Waals surface area contributed by atoms with Crippen LogP contribution in [0, 0.1) is 12.3 Å². The number of terminal acetylenes is 1. The van der Waals surface area contributed by atoms with E-state index < -0.39 is 62.0 Å². The smallest absolute Gasteiger partial charge is 0.111 e.